The summed E-state index contributed by atoms with van der Waals surface area (Å²) in [6.07, 6.45) is 2.95. The third-order valence-electron chi connectivity index (χ3n) is 2.91. The monoisotopic (exact) mass is 244 g/mol. The van der Waals surface area contributed by atoms with Crippen molar-refractivity contribution in [3.8, 4) is 16.9 Å². The van der Waals surface area contributed by atoms with E-state index in [9.17, 15) is 5.11 Å². The lowest BCUT2D eigenvalue weighted by molar-refractivity contribution is 0.464. The van der Waals surface area contributed by atoms with Gasteiger partial charge in [0.1, 0.15) is 5.75 Å². The number of phenols is 1. The number of thioether (sulfide) groups is 1. The lowest BCUT2D eigenvalue weighted by atomic mass is 9.97. The van der Waals surface area contributed by atoms with Gasteiger partial charge in [0, 0.05) is 10.5 Å². The van der Waals surface area contributed by atoms with Crippen LogP contribution in [0.5, 0.6) is 5.75 Å². The molecule has 88 valence electrons. The standard InChI is InChI=1S/C15H16OS/c1-3-11-7-4-5-8-12(11)13-9-6-10-14(17-2)15(13)16/h4-10,16H,3H2,1-2H3. The average Bonchev–Trinajstić information content (AvgIpc) is 2.39. The zero-order chi connectivity index (χ0) is 12.3. The summed E-state index contributed by atoms with van der Waals surface area (Å²) in [5.74, 6) is 0.390. The molecule has 1 nitrogen and oxygen atoms in total. The molecule has 0 bridgehead atoms. The highest BCUT2D eigenvalue weighted by Crippen LogP contribution is 2.37. The second kappa shape index (κ2) is 5.28. The Morgan fingerprint density at radius 2 is 1.71 bits per heavy atom. The lowest BCUT2D eigenvalue weighted by Crippen LogP contribution is -1.88. The summed E-state index contributed by atoms with van der Waals surface area (Å²) in [6, 6.07) is 14.1. The molecule has 2 aromatic rings. The van der Waals surface area contributed by atoms with Crippen LogP contribution in [-0.4, -0.2) is 11.4 Å². The maximum Gasteiger partial charge on any atom is 0.136 e. The van der Waals surface area contributed by atoms with Gasteiger partial charge in [0.2, 0.25) is 0 Å². The van der Waals surface area contributed by atoms with Crippen LogP contribution in [0.1, 0.15) is 12.5 Å². The van der Waals surface area contributed by atoms with Gasteiger partial charge in [-0.1, -0.05) is 43.3 Å². The van der Waals surface area contributed by atoms with E-state index in [0.717, 1.165) is 22.4 Å². The third-order valence-corrected chi connectivity index (χ3v) is 3.68. The Morgan fingerprint density at radius 1 is 1.00 bits per heavy atom. The number of hydrogen-bond acceptors (Lipinski definition) is 2. The van der Waals surface area contributed by atoms with E-state index in [1.165, 1.54) is 5.56 Å². The maximum absolute atomic E-state index is 10.2. The molecule has 0 spiro atoms. The van der Waals surface area contributed by atoms with Crippen LogP contribution < -0.4 is 0 Å². The maximum atomic E-state index is 10.2. The molecular formula is C15H16OS. The minimum atomic E-state index is 0.390. The molecule has 0 unspecified atom stereocenters. The molecule has 0 radical (unpaired) electrons. The molecule has 2 aromatic carbocycles. The van der Waals surface area contributed by atoms with Crippen molar-refractivity contribution in [3.05, 3.63) is 48.0 Å². The minimum absolute atomic E-state index is 0.390. The first-order valence-electron chi connectivity index (χ1n) is 5.72. The van der Waals surface area contributed by atoms with Crippen LogP contribution in [0.2, 0.25) is 0 Å². The van der Waals surface area contributed by atoms with Gasteiger partial charge in [-0.2, -0.15) is 0 Å². The molecule has 0 heterocycles. The molecule has 0 aliphatic heterocycles. The second-order valence-electron chi connectivity index (χ2n) is 3.87. The minimum Gasteiger partial charge on any atom is -0.506 e. The van der Waals surface area contributed by atoms with Crippen molar-refractivity contribution in [2.45, 2.75) is 18.2 Å². The van der Waals surface area contributed by atoms with Gasteiger partial charge in [0.25, 0.3) is 0 Å². The first-order chi connectivity index (χ1) is 8.27. The second-order valence-corrected chi connectivity index (χ2v) is 4.72. The Hall–Kier alpha value is -1.41. The predicted octanol–water partition coefficient (Wildman–Crippen LogP) is 4.34. The van der Waals surface area contributed by atoms with E-state index in [1.54, 1.807) is 11.8 Å². The van der Waals surface area contributed by atoms with E-state index in [2.05, 4.69) is 19.1 Å². The molecule has 1 N–H and O–H groups in total. The van der Waals surface area contributed by atoms with E-state index in [1.807, 2.05) is 36.6 Å². The summed E-state index contributed by atoms with van der Waals surface area (Å²) < 4.78 is 0. The molecule has 2 heteroatoms. The largest absolute Gasteiger partial charge is 0.506 e. The summed E-state index contributed by atoms with van der Waals surface area (Å²) in [5, 5.41) is 10.2. The number of rotatable bonds is 3. The van der Waals surface area contributed by atoms with Crippen molar-refractivity contribution in [2.75, 3.05) is 6.26 Å². The summed E-state index contributed by atoms with van der Waals surface area (Å²) in [5.41, 5.74) is 3.32. The fourth-order valence-corrected chi connectivity index (χ4v) is 2.51. The smallest absolute Gasteiger partial charge is 0.136 e. The van der Waals surface area contributed by atoms with Crippen molar-refractivity contribution in [1.29, 1.82) is 0 Å². The molecular weight excluding hydrogens is 228 g/mol. The van der Waals surface area contributed by atoms with Crippen LogP contribution in [-0.2, 0) is 6.42 Å². The normalized spacial score (nSPS) is 10.5. The van der Waals surface area contributed by atoms with Gasteiger partial charge in [-0.3, -0.25) is 0 Å². The molecule has 2 rings (SSSR count). The van der Waals surface area contributed by atoms with Crippen molar-refractivity contribution in [1.82, 2.24) is 0 Å². The van der Waals surface area contributed by atoms with Crippen LogP contribution in [0.3, 0.4) is 0 Å². The topological polar surface area (TPSA) is 20.2 Å². The molecule has 0 fully saturated rings. The zero-order valence-corrected chi connectivity index (χ0v) is 10.9. The van der Waals surface area contributed by atoms with E-state index < -0.39 is 0 Å². The van der Waals surface area contributed by atoms with E-state index in [0.29, 0.717) is 5.75 Å². The zero-order valence-electron chi connectivity index (χ0n) is 10.1. The number of aromatic hydroxyl groups is 1. The van der Waals surface area contributed by atoms with E-state index >= 15 is 0 Å². The fourth-order valence-electron chi connectivity index (χ4n) is 2.00. The molecule has 0 saturated heterocycles. The number of hydrogen-bond donors (Lipinski definition) is 1. The van der Waals surface area contributed by atoms with Gasteiger partial charge in [0.15, 0.2) is 0 Å². The highest BCUT2D eigenvalue weighted by Gasteiger charge is 2.10. The predicted molar refractivity (Wildman–Crippen MR) is 74.7 cm³/mol. The molecule has 0 atom stereocenters. The highest BCUT2D eigenvalue weighted by molar-refractivity contribution is 7.98. The fraction of sp³-hybridized carbons (Fsp3) is 0.200. The van der Waals surface area contributed by atoms with Crippen molar-refractivity contribution >= 4 is 11.8 Å². The number of phenolic OH excluding ortho intramolecular Hbond substituents is 1. The molecule has 0 aliphatic carbocycles. The van der Waals surface area contributed by atoms with Gasteiger partial charge in [0.05, 0.1) is 0 Å². The van der Waals surface area contributed by atoms with Crippen LogP contribution in [0.4, 0.5) is 0 Å². The molecule has 0 aliphatic rings. The van der Waals surface area contributed by atoms with Gasteiger partial charge < -0.3 is 5.11 Å². The Morgan fingerprint density at radius 3 is 2.41 bits per heavy atom. The quantitative estimate of drug-likeness (QED) is 0.810. The lowest BCUT2D eigenvalue weighted by Gasteiger charge is -2.11. The summed E-state index contributed by atoms with van der Waals surface area (Å²) in [4.78, 5) is 0.924. The van der Waals surface area contributed by atoms with Crippen LogP contribution in [0.25, 0.3) is 11.1 Å². The van der Waals surface area contributed by atoms with E-state index in [4.69, 9.17) is 0 Å². The Labute approximate surface area is 107 Å². The summed E-state index contributed by atoms with van der Waals surface area (Å²) in [6.45, 7) is 2.13. The van der Waals surface area contributed by atoms with Gasteiger partial charge in [-0.25, -0.2) is 0 Å². The number of para-hydroxylation sites is 1. The van der Waals surface area contributed by atoms with Crippen LogP contribution >= 0.6 is 11.8 Å². The SMILES string of the molecule is CCc1ccccc1-c1cccc(SC)c1O. The highest BCUT2D eigenvalue weighted by atomic mass is 32.2. The first-order valence-corrected chi connectivity index (χ1v) is 6.94. The molecule has 17 heavy (non-hydrogen) atoms. The van der Waals surface area contributed by atoms with Crippen molar-refractivity contribution < 1.29 is 5.11 Å². The summed E-state index contributed by atoms with van der Waals surface area (Å²) >= 11 is 1.57. The molecule has 0 aromatic heterocycles. The van der Waals surface area contributed by atoms with Gasteiger partial charge in [-0.15, -0.1) is 11.8 Å². The van der Waals surface area contributed by atoms with Crippen LogP contribution in [0.15, 0.2) is 47.4 Å². The molecule has 0 saturated carbocycles. The van der Waals surface area contributed by atoms with E-state index in [-0.39, 0.29) is 0 Å². The first kappa shape index (κ1) is 12.1. The van der Waals surface area contributed by atoms with Crippen molar-refractivity contribution in [2.24, 2.45) is 0 Å². The Kier molecular flexibility index (Phi) is 3.75. The summed E-state index contributed by atoms with van der Waals surface area (Å²) in [7, 11) is 0. The Bertz CT molecular complexity index is 520. The van der Waals surface area contributed by atoms with Gasteiger partial charge >= 0.3 is 0 Å². The number of benzene rings is 2. The number of aryl methyl sites for hydroxylation is 1. The molecule has 0 amide bonds. The Balaban J connectivity index is 2.60. The van der Waals surface area contributed by atoms with Crippen molar-refractivity contribution in [3.63, 3.8) is 0 Å². The van der Waals surface area contributed by atoms with Crippen LogP contribution in [0, 0.1) is 0 Å². The van der Waals surface area contributed by atoms with Gasteiger partial charge in [-0.05, 0) is 29.9 Å². The third kappa shape index (κ3) is 2.32. The average molecular weight is 244 g/mol.